The summed E-state index contributed by atoms with van der Waals surface area (Å²) in [6.45, 7) is 9.89. The van der Waals surface area contributed by atoms with Crippen molar-refractivity contribution in [2.24, 2.45) is 0 Å². The highest BCUT2D eigenvalue weighted by Gasteiger charge is 2.23. The summed E-state index contributed by atoms with van der Waals surface area (Å²) in [6, 6.07) is 0.637. The number of nitrogens with zero attached hydrogens (tertiary/aromatic N) is 2. The molecule has 0 radical (unpaired) electrons. The molecular formula is C11H24N2O2. The summed E-state index contributed by atoms with van der Waals surface area (Å²) in [5, 5.41) is 0. The van der Waals surface area contributed by atoms with Gasteiger partial charge in [-0.1, -0.05) is 6.92 Å². The molecule has 1 aliphatic heterocycles. The Kier molecular flexibility index (Phi) is 5.53. The van der Waals surface area contributed by atoms with E-state index in [1.165, 1.54) is 0 Å². The van der Waals surface area contributed by atoms with Crippen molar-refractivity contribution in [2.75, 3.05) is 46.9 Å². The van der Waals surface area contributed by atoms with E-state index in [1.807, 2.05) is 0 Å². The molecule has 0 aromatic heterocycles. The zero-order chi connectivity index (χ0) is 11.3. The molecule has 4 heteroatoms. The molecule has 90 valence electrons. The van der Waals surface area contributed by atoms with Gasteiger partial charge in [-0.15, -0.1) is 0 Å². The van der Waals surface area contributed by atoms with Gasteiger partial charge in [0.2, 0.25) is 0 Å². The van der Waals surface area contributed by atoms with E-state index in [0.717, 1.165) is 32.7 Å². The van der Waals surface area contributed by atoms with Crippen LogP contribution >= 0.6 is 0 Å². The SMILES string of the molecule is CCN1CCN(CC(OC)OC)CC1C. The Bertz CT molecular complexity index is 174. The first-order valence-corrected chi connectivity index (χ1v) is 5.73. The number of piperazine rings is 1. The summed E-state index contributed by atoms with van der Waals surface area (Å²) in [7, 11) is 3.39. The zero-order valence-corrected chi connectivity index (χ0v) is 10.4. The average Bonchev–Trinajstić information content (AvgIpc) is 2.26. The van der Waals surface area contributed by atoms with E-state index < -0.39 is 0 Å². The Morgan fingerprint density at radius 3 is 2.40 bits per heavy atom. The van der Waals surface area contributed by atoms with Gasteiger partial charge in [0.05, 0.1) is 0 Å². The second-order valence-electron chi connectivity index (χ2n) is 4.14. The molecule has 1 saturated heterocycles. The summed E-state index contributed by atoms with van der Waals surface area (Å²) >= 11 is 0. The fourth-order valence-electron chi connectivity index (χ4n) is 2.16. The van der Waals surface area contributed by atoms with Crippen LogP contribution in [0.25, 0.3) is 0 Å². The predicted octanol–water partition coefficient (Wildman–Crippen LogP) is 0.631. The van der Waals surface area contributed by atoms with Crippen LogP contribution in [-0.2, 0) is 9.47 Å². The standard InChI is InChI=1S/C11H24N2O2/c1-5-13-7-6-12(8-10(13)2)9-11(14-3)15-4/h10-11H,5-9H2,1-4H3. The van der Waals surface area contributed by atoms with Gasteiger partial charge in [0.1, 0.15) is 0 Å². The molecule has 4 nitrogen and oxygen atoms in total. The van der Waals surface area contributed by atoms with E-state index in [2.05, 4.69) is 23.6 Å². The van der Waals surface area contributed by atoms with Crippen molar-refractivity contribution in [2.45, 2.75) is 26.2 Å². The summed E-state index contributed by atoms with van der Waals surface area (Å²) in [4.78, 5) is 4.92. The minimum atomic E-state index is -0.0922. The summed E-state index contributed by atoms with van der Waals surface area (Å²) in [6.07, 6.45) is -0.0922. The number of hydrogen-bond donors (Lipinski definition) is 0. The molecule has 0 N–H and O–H groups in total. The topological polar surface area (TPSA) is 24.9 Å². The molecule has 15 heavy (non-hydrogen) atoms. The molecule has 1 fully saturated rings. The lowest BCUT2D eigenvalue weighted by Crippen LogP contribution is -2.53. The third kappa shape index (κ3) is 3.72. The minimum absolute atomic E-state index is 0.0922. The van der Waals surface area contributed by atoms with Gasteiger partial charge in [-0.2, -0.15) is 0 Å². The Morgan fingerprint density at radius 1 is 1.27 bits per heavy atom. The molecule has 1 atom stereocenters. The van der Waals surface area contributed by atoms with Crippen LogP contribution in [0.2, 0.25) is 0 Å². The lowest BCUT2D eigenvalue weighted by molar-refractivity contribution is -0.121. The van der Waals surface area contributed by atoms with Crippen LogP contribution in [0.15, 0.2) is 0 Å². The van der Waals surface area contributed by atoms with Crippen LogP contribution in [0.4, 0.5) is 0 Å². The van der Waals surface area contributed by atoms with Crippen LogP contribution < -0.4 is 0 Å². The largest absolute Gasteiger partial charge is 0.355 e. The first-order chi connectivity index (χ1) is 7.21. The van der Waals surface area contributed by atoms with Gasteiger partial charge in [-0.05, 0) is 13.5 Å². The maximum absolute atomic E-state index is 5.21. The van der Waals surface area contributed by atoms with Gasteiger partial charge >= 0.3 is 0 Å². The van der Waals surface area contributed by atoms with Crippen LogP contribution in [0.5, 0.6) is 0 Å². The average molecular weight is 216 g/mol. The number of likely N-dealkylation sites (N-methyl/N-ethyl adjacent to an activating group) is 1. The molecule has 1 unspecified atom stereocenters. The predicted molar refractivity (Wildman–Crippen MR) is 61.0 cm³/mol. The fourth-order valence-corrected chi connectivity index (χ4v) is 2.16. The molecule has 0 saturated carbocycles. The first-order valence-electron chi connectivity index (χ1n) is 5.73. The molecule has 1 rings (SSSR count). The van der Waals surface area contributed by atoms with Crippen molar-refractivity contribution >= 4 is 0 Å². The third-order valence-electron chi connectivity index (χ3n) is 3.19. The zero-order valence-electron chi connectivity index (χ0n) is 10.4. The molecule has 0 amide bonds. The molecule has 0 bridgehead atoms. The van der Waals surface area contributed by atoms with E-state index >= 15 is 0 Å². The van der Waals surface area contributed by atoms with E-state index in [-0.39, 0.29) is 6.29 Å². The summed E-state index contributed by atoms with van der Waals surface area (Å²) < 4.78 is 10.4. The smallest absolute Gasteiger partial charge is 0.169 e. The van der Waals surface area contributed by atoms with E-state index in [0.29, 0.717) is 6.04 Å². The molecule has 0 aromatic carbocycles. The molecule has 0 aliphatic carbocycles. The fraction of sp³-hybridized carbons (Fsp3) is 1.00. The van der Waals surface area contributed by atoms with Gasteiger partial charge in [0, 0.05) is 46.4 Å². The van der Waals surface area contributed by atoms with Gasteiger partial charge in [0.15, 0.2) is 6.29 Å². The van der Waals surface area contributed by atoms with Crippen LogP contribution in [0, 0.1) is 0 Å². The van der Waals surface area contributed by atoms with Gasteiger partial charge in [-0.25, -0.2) is 0 Å². The molecular weight excluding hydrogens is 192 g/mol. The lowest BCUT2D eigenvalue weighted by atomic mass is 10.2. The minimum Gasteiger partial charge on any atom is -0.355 e. The van der Waals surface area contributed by atoms with Crippen LogP contribution in [-0.4, -0.2) is 69.1 Å². The van der Waals surface area contributed by atoms with Crippen molar-refractivity contribution < 1.29 is 9.47 Å². The Hall–Kier alpha value is -0.160. The maximum atomic E-state index is 5.21. The highest BCUT2D eigenvalue weighted by atomic mass is 16.7. The number of methoxy groups -OCH3 is 2. The van der Waals surface area contributed by atoms with E-state index in [9.17, 15) is 0 Å². The lowest BCUT2D eigenvalue weighted by Gasteiger charge is -2.40. The number of hydrogen-bond acceptors (Lipinski definition) is 4. The Labute approximate surface area is 93.1 Å². The molecule has 0 spiro atoms. The van der Waals surface area contributed by atoms with Crippen molar-refractivity contribution in [1.82, 2.24) is 9.80 Å². The van der Waals surface area contributed by atoms with Gasteiger partial charge in [0.25, 0.3) is 0 Å². The molecule has 0 aromatic rings. The summed E-state index contributed by atoms with van der Waals surface area (Å²) in [5.41, 5.74) is 0. The Balaban J connectivity index is 2.33. The third-order valence-corrected chi connectivity index (χ3v) is 3.19. The maximum Gasteiger partial charge on any atom is 0.169 e. The Morgan fingerprint density at radius 2 is 1.93 bits per heavy atom. The molecule has 1 aliphatic rings. The quantitative estimate of drug-likeness (QED) is 0.629. The van der Waals surface area contributed by atoms with Crippen LogP contribution in [0.1, 0.15) is 13.8 Å². The molecule has 1 heterocycles. The van der Waals surface area contributed by atoms with Crippen molar-refractivity contribution in [3.05, 3.63) is 0 Å². The highest BCUT2D eigenvalue weighted by molar-refractivity contribution is 4.78. The number of rotatable bonds is 5. The van der Waals surface area contributed by atoms with Crippen molar-refractivity contribution in [3.63, 3.8) is 0 Å². The normalized spacial score (nSPS) is 25.0. The second kappa shape index (κ2) is 6.43. The van der Waals surface area contributed by atoms with E-state index in [1.54, 1.807) is 14.2 Å². The van der Waals surface area contributed by atoms with Crippen LogP contribution in [0.3, 0.4) is 0 Å². The van der Waals surface area contributed by atoms with Crippen molar-refractivity contribution in [3.8, 4) is 0 Å². The van der Waals surface area contributed by atoms with Gasteiger partial charge in [-0.3, -0.25) is 9.80 Å². The van der Waals surface area contributed by atoms with E-state index in [4.69, 9.17) is 9.47 Å². The first kappa shape index (κ1) is 12.9. The number of ether oxygens (including phenoxy) is 2. The monoisotopic (exact) mass is 216 g/mol. The second-order valence-corrected chi connectivity index (χ2v) is 4.14. The highest BCUT2D eigenvalue weighted by Crippen LogP contribution is 2.09. The summed E-state index contributed by atoms with van der Waals surface area (Å²) in [5.74, 6) is 0. The van der Waals surface area contributed by atoms with Crippen molar-refractivity contribution in [1.29, 1.82) is 0 Å². The van der Waals surface area contributed by atoms with Gasteiger partial charge < -0.3 is 9.47 Å².